The van der Waals surface area contributed by atoms with Crippen molar-refractivity contribution in [3.63, 3.8) is 0 Å². The minimum absolute atomic E-state index is 0.0307. The van der Waals surface area contributed by atoms with Crippen LogP contribution in [-0.4, -0.2) is 50.2 Å². The van der Waals surface area contributed by atoms with Crippen LogP contribution in [0.1, 0.15) is 36.2 Å². The molecule has 3 N–H and O–H groups in total. The fourth-order valence-corrected chi connectivity index (χ4v) is 4.36. The van der Waals surface area contributed by atoms with Crippen molar-refractivity contribution < 1.29 is 23.5 Å². The van der Waals surface area contributed by atoms with Gasteiger partial charge in [0.05, 0.1) is 17.0 Å². The van der Waals surface area contributed by atoms with Crippen LogP contribution in [-0.2, 0) is 9.53 Å². The lowest BCUT2D eigenvalue weighted by atomic mass is 9.85. The number of anilines is 2. The minimum atomic E-state index is -0.548. The Hall–Kier alpha value is -3.14. The highest BCUT2D eigenvalue weighted by Gasteiger charge is 2.30. The molecular weight excluding hydrogens is 472 g/mol. The van der Waals surface area contributed by atoms with E-state index in [1.165, 1.54) is 6.20 Å². The van der Waals surface area contributed by atoms with Gasteiger partial charge in [-0.15, -0.1) is 0 Å². The summed E-state index contributed by atoms with van der Waals surface area (Å²) in [6, 6.07) is 8.88. The number of methoxy groups -OCH3 is 1. The largest absolute Gasteiger partial charge is 0.490 e. The van der Waals surface area contributed by atoms with Crippen LogP contribution in [0.15, 0.2) is 40.9 Å². The Morgan fingerprint density at radius 2 is 1.91 bits per heavy atom. The molecule has 0 saturated heterocycles. The Kier molecular flexibility index (Phi) is 8.22. The molecule has 35 heavy (non-hydrogen) atoms. The van der Waals surface area contributed by atoms with E-state index in [1.807, 2.05) is 7.05 Å². The topological polar surface area (TPSA) is 115 Å². The summed E-state index contributed by atoms with van der Waals surface area (Å²) in [5.74, 6) is -0.0855. The van der Waals surface area contributed by atoms with E-state index < -0.39 is 5.91 Å². The predicted molar refractivity (Wildman–Crippen MR) is 134 cm³/mol. The van der Waals surface area contributed by atoms with Gasteiger partial charge in [0, 0.05) is 25.3 Å². The third-order valence-electron chi connectivity index (χ3n) is 6.15. The normalized spacial score (nSPS) is 17.8. The Morgan fingerprint density at radius 1 is 1.11 bits per heavy atom. The molecular formula is C25H29ClN4O5. The van der Waals surface area contributed by atoms with Crippen molar-refractivity contribution in [3.8, 4) is 5.75 Å². The number of aromatic nitrogens is 1. The molecule has 0 aliphatic heterocycles. The van der Waals surface area contributed by atoms with Gasteiger partial charge in [-0.3, -0.25) is 9.59 Å². The maximum atomic E-state index is 13.3. The van der Waals surface area contributed by atoms with Crippen LogP contribution in [0.5, 0.6) is 5.75 Å². The van der Waals surface area contributed by atoms with E-state index in [9.17, 15) is 9.59 Å². The SMILES string of the molecule is CNC1CCC(C(=O)Nc2c(C(=O)Nc3ccc(Cl)cn3)oc3cccc(OCCOC)c23)CC1. The fourth-order valence-electron chi connectivity index (χ4n) is 4.24. The van der Waals surface area contributed by atoms with Gasteiger partial charge in [-0.05, 0) is 57.0 Å². The summed E-state index contributed by atoms with van der Waals surface area (Å²) in [5.41, 5.74) is 0.698. The number of hydrogen-bond donors (Lipinski definition) is 3. The number of ether oxygens (including phenoxy) is 2. The van der Waals surface area contributed by atoms with Gasteiger partial charge >= 0.3 is 0 Å². The van der Waals surface area contributed by atoms with Crippen molar-refractivity contribution in [2.75, 3.05) is 38.0 Å². The Labute approximate surface area is 208 Å². The molecule has 0 bridgehead atoms. The number of carbonyl (C=O) groups excluding carboxylic acids is 2. The number of amides is 2. The molecule has 0 radical (unpaired) electrons. The molecule has 0 spiro atoms. The minimum Gasteiger partial charge on any atom is -0.490 e. The van der Waals surface area contributed by atoms with Gasteiger partial charge in [0.25, 0.3) is 5.91 Å². The number of fused-ring (bicyclic) bond motifs is 1. The van der Waals surface area contributed by atoms with Crippen LogP contribution >= 0.6 is 11.6 Å². The molecule has 1 fully saturated rings. The summed E-state index contributed by atoms with van der Waals surface area (Å²) in [4.78, 5) is 30.6. The standard InChI is InChI=1S/C25H29ClN4O5/c1-27-17-9-6-15(7-10-17)24(31)30-22-21-18(34-13-12-33-2)4-3-5-19(21)35-23(22)25(32)29-20-11-8-16(26)14-28-20/h3-5,8,11,14-15,17,27H,6-7,9-10,12-13H2,1-2H3,(H,30,31)(H,28,29,32). The summed E-state index contributed by atoms with van der Waals surface area (Å²) in [6.45, 7) is 0.693. The Morgan fingerprint density at radius 3 is 2.60 bits per heavy atom. The van der Waals surface area contributed by atoms with E-state index in [2.05, 4.69) is 20.9 Å². The van der Waals surface area contributed by atoms with Gasteiger partial charge in [-0.25, -0.2) is 4.98 Å². The molecule has 0 atom stereocenters. The fraction of sp³-hybridized carbons (Fsp3) is 0.400. The van der Waals surface area contributed by atoms with E-state index in [-0.39, 0.29) is 23.3 Å². The molecule has 10 heteroatoms. The third kappa shape index (κ3) is 5.93. The average molecular weight is 501 g/mol. The van der Waals surface area contributed by atoms with Crippen molar-refractivity contribution in [1.82, 2.24) is 10.3 Å². The molecule has 1 saturated carbocycles. The van der Waals surface area contributed by atoms with E-state index in [4.69, 9.17) is 25.5 Å². The molecule has 4 rings (SSSR count). The number of pyridine rings is 1. The van der Waals surface area contributed by atoms with Crippen molar-refractivity contribution in [1.29, 1.82) is 0 Å². The first-order valence-electron chi connectivity index (χ1n) is 11.6. The van der Waals surface area contributed by atoms with Crippen LogP contribution in [0.2, 0.25) is 5.02 Å². The first kappa shape index (κ1) is 25.0. The molecule has 186 valence electrons. The van der Waals surface area contributed by atoms with Crippen LogP contribution in [0.25, 0.3) is 11.0 Å². The molecule has 0 unspecified atom stereocenters. The van der Waals surface area contributed by atoms with Crippen LogP contribution in [0, 0.1) is 5.92 Å². The van der Waals surface area contributed by atoms with Gasteiger partial charge in [0.1, 0.15) is 29.4 Å². The quantitative estimate of drug-likeness (QED) is 0.371. The van der Waals surface area contributed by atoms with Crippen LogP contribution in [0.4, 0.5) is 11.5 Å². The maximum Gasteiger partial charge on any atom is 0.294 e. The molecule has 1 aliphatic carbocycles. The Balaban J connectivity index is 1.66. The lowest BCUT2D eigenvalue weighted by Crippen LogP contribution is -2.34. The number of furan rings is 1. The highest BCUT2D eigenvalue weighted by Crippen LogP contribution is 2.39. The molecule has 9 nitrogen and oxygen atoms in total. The first-order chi connectivity index (χ1) is 17.0. The lowest BCUT2D eigenvalue weighted by Gasteiger charge is -2.27. The molecule has 2 aromatic heterocycles. The number of nitrogens with zero attached hydrogens (tertiary/aromatic N) is 1. The smallest absolute Gasteiger partial charge is 0.294 e. The van der Waals surface area contributed by atoms with Crippen molar-refractivity contribution in [2.45, 2.75) is 31.7 Å². The van der Waals surface area contributed by atoms with Crippen LogP contribution in [0.3, 0.4) is 0 Å². The van der Waals surface area contributed by atoms with Crippen molar-refractivity contribution in [2.24, 2.45) is 5.92 Å². The molecule has 3 aromatic rings. The Bertz CT molecular complexity index is 1170. The predicted octanol–water partition coefficient (Wildman–Crippen LogP) is 4.48. The van der Waals surface area contributed by atoms with Gasteiger partial charge < -0.3 is 29.8 Å². The molecule has 2 amide bonds. The molecule has 1 aliphatic rings. The monoisotopic (exact) mass is 500 g/mol. The van der Waals surface area contributed by atoms with E-state index in [1.54, 1.807) is 37.4 Å². The lowest BCUT2D eigenvalue weighted by molar-refractivity contribution is -0.120. The number of hydrogen-bond acceptors (Lipinski definition) is 7. The summed E-state index contributed by atoms with van der Waals surface area (Å²) >= 11 is 5.89. The van der Waals surface area contributed by atoms with Crippen LogP contribution < -0.4 is 20.7 Å². The van der Waals surface area contributed by atoms with E-state index >= 15 is 0 Å². The van der Waals surface area contributed by atoms with Gasteiger partial charge in [0.15, 0.2) is 0 Å². The maximum absolute atomic E-state index is 13.3. The van der Waals surface area contributed by atoms with Gasteiger partial charge in [-0.2, -0.15) is 0 Å². The number of carbonyl (C=O) groups is 2. The number of benzene rings is 1. The second-order valence-corrected chi connectivity index (χ2v) is 8.86. The number of halogens is 1. The average Bonchev–Trinajstić information content (AvgIpc) is 3.25. The molecule has 1 aromatic carbocycles. The van der Waals surface area contributed by atoms with Crippen molar-refractivity contribution in [3.05, 3.63) is 47.3 Å². The number of nitrogens with one attached hydrogen (secondary N) is 3. The van der Waals surface area contributed by atoms with Gasteiger partial charge in [-0.1, -0.05) is 17.7 Å². The summed E-state index contributed by atoms with van der Waals surface area (Å²) in [7, 11) is 3.53. The summed E-state index contributed by atoms with van der Waals surface area (Å²) in [6.07, 6.45) is 4.80. The highest BCUT2D eigenvalue weighted by molar-refractivity contribution is 6.30. The second-order valence-electron chi connectivity index (χ2n) is 8.42. The zero-order valence-corrected chi connectivity index (χ0v) is 20.5. The van der Waals surface area contributed by atoms with Crippen molar-refractivity contribution >= 4 is 45.9 Å². The first-order valence-corrected chi connectivity index (χ1v) is 12.0. The van der Waals surface area contributed by atoms with E-state index in [0.29, 0.717) is 46.8 Å². The summed E-state index contributed by atoms with van der Waals surface area (Å²) in [5, 5.41) is 9.93. The van der Waals surface area contributed by atoms with Gasteiger partial charge in [0.2, 0.25) is 11.7 Å². The zero-order valence-electron chi connectivity index (χ0n) is 19.7. The second kappa shape index (κ2) is 11.5. The third-order valence-corrected chi connectivity index (χ3v) is 6.38. The highest BCUT2D eigenvalue weighted by atomic mass is 35.5. The number of rotatable bonds is 9. The molecule has 2 heterocycles. The summed E-state index contributed by atoms with van der Waals surface area (Å²) < 4.78 is 16.9. The zero-order chi connectivity index (χ0) is 24.8. The van der Waals surface area contributed by atoms with E-state index in [0.717, 1.165) is 25.7 Å².